The Labute approximate surface area is 106 Å². The maximum atomic E-state index is 12.5. The van der Waals surface area contributed by atoms with Gasteiger partial charge in [0, 0.05) is 12.2 Å². The molecule has 0 spiro atoms. The van der Waals surface area contributed by atoms with Gasteiger partial charge in [-0.1, -0.05) is 0 Å². The summed E-state index contributed by atoms with van der Waals surface area (Å²) in [7, 11) is 0. The van der Waals surface area contributed by atoms with Gasteiger partial charge in [0.25, 0.3) is 0 Å². The molecule has 5 nitrogen and oxygen atoms in total. The molecule has 0 aliphatic rings. The van der Waals surface area contributed by atoms with E-state index in [1.165, 1.54) is 6.07 Å². The molecule has 1 aromatic rings. The van der Waals surface area contributed by atoms with Gasteiger partial charge in [0.1, 0.15) is 6.10 Å². The number of hydrogen-bond acceptors (Lipinski definition) is 4. The molecule has 19 heavy (non-hydrogen) atoms. The monoisotopic (exact) mass is 273 g/mol. The molecule has 102 valence electrons. The van der Waals surface area contributed by atoms with Crippen molar-refractivity contribution >= 4 is 11.6 Å². The first-order valence-electron chi connectivity index (χ1n) is 5.08. The van der Waals surface area contributed by atoms with Crippen molar-refractivity contribution in [1.82, 2.24) is 0 Å². The number of anilines is 1. The van der Waals surface area contributed by atoms with Gasteiger partial charge in [-0.05, 0) is 18.2 Å². The van der Waals surface area contributed by atoms with Gasteiger partial charge >= 0.3 is 6.18 Å². The number of nitrogens with two attached hydrogens (primary N) is 1. The number of nitriles is 1. The molecule has 1 aromatic carbocycles. The number of benzene rings is 1. The van der Waals surface area contributed by atoms with Crippen molar-refractivity contribution in [3.8, 4) is 6.07 Å². The third-order valence-corrected chi connectivity index (χ3v) is 2.27. The highest BCUT2D eigenvalue weighted by Crippen LogP contribution is 2.32. The van der Waals surface area contributed by atoms with Gasteiger partial charge < -0.3 is 16.2 Å². The van der Waals surface area contributed by atoms with E-state index in [-0.39, 0.29) is 12.2 Å². The van der Waals surface area contributed by atoms with Crippen LogP contribution in [0, 0.1) is 11.3 Å². The number of carbonyl (C=O) groups excluding carboxylic acids is 1. The van der Waals surface area contributed by atoms with Crippen LogP contribution in [0.2, 0.25) is 0 Å². The summed E-state index contributed by atoms with van der Waals surface area (Å²) >= 11 is 0. The van der Waals surface area contributed by atoms with E-state index in [0.717, 1.165) is 18.2 Å². The Morgan fingerprint density at radius 2 is 2.16 bits per heavy atom. The van der Waals surface area contributed by atoms with Gasteiger partial charge in [0.15, 0.2) is 0 Å². The first-order valence-corrected chi connectivity index (χ1v) is 5.08. The number of hydrogen-bond donors (Lipinski definition) is 3. The zero-order valence-electron chi connectivity index (χ0n) is 9.53. The van der Waals surface area contributed by atoms with Crippen molar-refractivity contribution in [2.45, 2.75) is 12.3 Å². The highest BCUT2D eigenvalue weighted by Gasteiger charge is 2.33. The molecule has 0 radical (unpaired) electrons. The van der Waals surface area contributed by atoms with Crippen molar-refractivity contribution in [3.05, 3.63) is 29.3 Å². The summed E-state index contributed by atoms with van der Waals surface area (Å²) < 4.78 is 37.5. The zero-order chi connectivity index (χ0) is 14.6. The molecule has 8 heteroatoms. The average Bonchev–Trinajstić information content (AvgIpc) is 2.34. The Balaban J connectivity index is 2.90. The van der Waals surface area contributed by atoms with E-state index in [2.05, 4.69) is 5.32 Å². The maximum absolute atomic E-state index is 12.5. The van der Waals surface area contributed by atoms with Crippen molar-refractivity contribution < 1.29 is 23.1 Å². The smallest absolute Gasteiger partial charge is 0.382 e. The molecule has 1 rings (SSSR count). The molecule has 0 heterocycles. The lowest BCUT2D eigenvalue weighted by Gasteiger charge is -2.12. The lowest BCUT2D eigenvalue weighted by molar-refractivity contribution is -0.137. The van der Waals surface area contributed by atoms with E-state index >= 15 is 0 Å². The molecule has 1 amide bonds. The number of aliphatic hydroxyl groups excluding tert-OH is 1. The third kappa shape index (κ3) is 3.86. The largest absolute Gasteiger partial charge is 0.417 e. The van der Waals surface area contributed by atoms with Crippen LogP contribution in [0.5, 0.6) is 0 Å². The molecule has 0 fully saturated rings. The number of nitrogens with zero attached hydrogens (tertiary/aromatic N) is 1. The topological polar surface area (TPSA) is 99.1 Å². The minimum atomic E-state index is -4.61. The molecular formula is C11H10F3N3O2. The van der Waals surface area contributed by atoms with Crippen LogP contribution >= 0.6 is 0 Å². The number of carbonyl (C=O) groups is 1. The van der Waals surface area contributed by atoms with Crippen molar-refractivity contribution in [2.24, 2.45) is 5.73 Å². The molecular weight excluding hydrogens is 263 g/mol. The number of halogens is 3. The lowest BCUT2D eigenvalue weighted by atomic mass is 10.1. The van der Waals surface area contributed by atoms with Crippen molar-refractivity contribution in [2.75, 3.05) is 11.9 Å². The SMILES string of the molecule is N#Cc1cc(NCC(O)C(N)=O)ccc1C(F)(F)F. The van der Waals surface area contributed by atoms with Crippen LogP contribution in [-0.2, 0) is 11.0 Å². The third-order valence-electron chi connectivity index (χ3n) is 2.27. The summed E-state index contributed by atoms with van der Waals surface area (Å²) in [4.78, 5) is 10.6. The zero-order valence-corrected chi connectivity index (χ0v) is 9.53. The number of amides is 1. The second-order valence-electron chi connectivity index (χ2n) is 3.67. The Hall–Kier alpha value is -2.27. The van der Waals surface area contributed by atoms with Crippen LogP contribution < -0.4 is 11.1 Å². The molecule has 0 aliphatic carbocycles. The van der Waals surface area contributed by atoms with E-state index in [0.29, 0.717) is 0 Å². The van der Waals surface area contributed by atoms with E-state index in [4.69, 9.17) is 16.1 Å². The first kappa shape index (κ1) is 14.8. The van der Waals surface area contributed by atoms with Crippen LogP contribution in [0.1, 0.15) is 11.1 Å². The molecule has 0 bridgehead atoms. The van der Waals surface area contributed by atoms with Gasteiger partial charge in [-0.2, -0.15) is 18.4 Å². The second kappa shape index (κ2) is 5.58. The quantitative estimate of drug-likeness (QED) is 0.756. The van der Waals surface area contributed by atoms with Crippen LogP contribution in [-0.4, -0.2) is 23.7 Å². The first-order chi connectivity index (χ1) is 8.75. The van der Waals surface area contributed by atoms with Crippen molar-refractivity contribution in [1.29, 1.82) is 5.26 Å². The fourth-order valence-electron chi connectivity index (χ4n) is 1.31. The van der Waals surface area contributed by atoms with Crippen LogP contribution in [0.25, 0.3) is 0 Å². The summed E-state index contributed by atoms with van der Waals surface area (Å²) in [5, 5.41) is 20.3. The summed E-state index contributed by atoms with van der Waals surface area (Å²) in [6, 6.07) is 4.26. The predicted molar refractivity (Wildman–Crippen MR) is 59.8 cm³/mol. The summed E-state index contributed by atoms with van der Waals surface area (Å²) in [5.74, 6) is -0.958. The summed E-state index contributed by atoms with van der Waals surface area (Å²) in [6.07, 6.45) is -6.08. The van der Waals surface area contributed by atoms with Gasteiger partial charge in [-0.15, -0.1) is 0 Å². The minimum absolute atomic E-state index is 0.171. The van der Waals surface area contributed by atoms with Gasteiger partial charge in [0.2, 0.25) is 5.91 Å². The highest BCUT2D eigenvalue weighted by molar-refractivity contribution is 5.79. The van der Waals surface area contributed by atoms with Gasteiger partial charge in [0.05, 0.1) is 17.2 Å². The normalized spacial score (nSPS) is 12.6. The molecule has 4 N–H and O–H groups in total. The average molecular weight is 273 g/mol. The van der Waals surface area contributed by atoms with Gasteiger partial charge in [-0.25, -0.2) is 0 Å². The predicted octanol–water partition coefficient (Wildman–Crippen LogP) is 0.835. The lowest BCUT2D eigenvalue weighted by Crippen LogP contribution is -2.34. The van der Waals surface area contributed by atoms with E-state index in [1.807, 2.05) is 0 Å². The van der Waals surface area contributed by atoms with E-state index < -0.39 is 29.3 Å². The van der Waals surface area contributed by atoms with Gasteiger partial charge in [-0.3, -0.25) is 4.79 Å². The second-order valence-corrected chi connectivity index (χ2v) is 3.67. The Kier molecular flexibility index (Phi) is 4.34. The molecule has 0 aromatic heterocycles. The van der Waals surface area contributed by atoms with Crippen LogP contribution in [0.15, 0.2) is 18.2 Å². The number of primary amides is 1. The molecule has 0 aliphatic heterocycles. The Bertz CT molecular complexity index is 523. The molecule has 0 saturated heterocycles. The fourth-order valence-corrected chi connectivity index (χ4v) is 1.31. The molecule has 1 atom stereocenters. The van der Waals surface area contributed by atoms with Crippen molar-refractivity contribution in [3.63, 3.8) is 0 Å². The number of nitrogens with one attached hydrogen (secondary N) is 1. The van der Waals surface area contributed by atoms with Crippen LogP contribution in [0.4, 0.5) is 18.9 Å². The summed E-state index contributed by atoms with van der Waals surface area (Å²) in [6.45, 7) is -0.258. The number of rotatable bonds is 4. The van der Waals surface area contributed by atoms with Crippen LogP contribution in [0.3, 0.4) is 0 Å². The molecule has 1 unspecified atom stereocenters. The minimum Gasteiger partial charge on any atom is -0.382 e. The maximum Gasteiger partial charge on any atom is 0.417 e. The standard InChI is InChI=1S/C11H10F3N3O2/c12-11(13,14)8-2-1-7(3-6(8)4-15)17-5-9(18)10(16)19/h1-3,9,17-18H,5H2,(H2,16,19). The fraction of sp³-hybridized carbons (Fsp3) is 0.273. The summed E-state index contributed by atoms with van der Waals surface area (Å²) in [5.41, 5.74) is 3.38. The number of alkyl halides is 3. The highest BCUT2D eigenvalue weighted by atomic mass is 19.4. The Morgan fingerprint density at radius 3 is 2.63 bits per heavy atom. The Morgan fingerprint density at radius 1 is 1.53 bits per heavy atom. The van der Waals surface area contributed by atoms with E-state index in [1.54, 1.807) is 0 Å². The number of aliphatic hydroxyl groups is 1. The molecule has 0 saturated carbocycles. The van der Waals surface area contributed by atoms with E-state index in [9.17, 15) is 18.0 Å².